The molecule has 1 amide bonds. The van der Waals surface area contributed by atoms with Crippen molar-refractivity contribution in [3.8, 4) is 28.6 Å². The van der Waals surface area contributed by atoms with Gasteiger partial charge in [0.2, 0.25) is 0 Å². The summed E-state index contributed by atoms with van der Waals surface area (Å²) in [6.07, 6.45) is 6.40. The zero-order valence-corrected chi connectivity index (χ0v) is 18.6. The Kier molecular flexibility index (Phi) is 5.57. The van der Waals surface area contributed by atoms with Crippen molar-refractivity contribution in [1.29, 1.82) is 5.26 Å². The van der Waals surface area contributed by atoms with E-state index in [1.54, 1.807) is 29.4 Å². The van der Waals surface area contributed by atoms with E-state index in [-0.39, 0.29) is 12.5 Å². The molecule has 0 spiro atoms. The maximum absolute atomic E-state index is 12.9. The van der Waals surface area contributed by atoms with Crippen LogP contribution >= 0.6 is 0 Å². The molecule has 2 aromatic carbocycles. The highest BCUT2D eigenvalue weighted by molar-refractivity contribution is 5.94. The van der Waals surface area contributed by atoms with E-state index in [2.05, 4.69) is 16.0 Å². The van der Waals surface area contributed by atoms with Gasteiger partial charge in [0.15, 0.2) is 5.65 Å². The summed E-state index contributed by atoms with van der Waals surface area (Å²) in [5.74, 6) is -0.0493. The van der Waals surface area contributed by atoms with Crippen LogP contribution in [0.15, 0.2) is 67.1 Å². The number of imidazole rings is 1. The topological polar surface area (TPSA) is 121 Å². The number of hydrogen-bond acceptors (Lipinski definition) is 6. The molecule has 4 aromatic rings. The predicted octanol–water partition coefficient (Wildman–Crippen LogP) is 2.86. The van der Waals surface area contributed by atoms with Crippen molar-refractivity contribution in [3.05, 3.63) is 78.2 Å². The van der Waals surface area contributed by atoms with E-state index in [1.165, 1.54) is 0 Å². The molecule has 3 heterocycles. The molecule has 1 aliphatic heterocycles. The minimum Gasteiger partial charge on any atom is -0.388 e. The summed E-state index contributed by atoms with van der Waals surface area (Å²) in [5, 5.41) is 19.3. The third kappa shape index (κ3) is 4.03. The van der Waals surface area contributed by atoms with E-state index < -0.39 is 5.60 Å². The smallest absolute Gasteiger partial charge is 0.253 e. The quantitative estimate of drug-likeness (QED) is 0.491. The number of amides is 1. The first-order chi connectivity index (χ1) is 16.5. The van der Waals surface area contributed by atoms with Crippen LogP contribution in [0.1, 0.15) is 28.8 Å². The predicted molar refractivity (Wildman–Crippen MR) is 128 cm³/mol. The molecule has 1 saturated heterocycles. The van der Waals surface area contributed by atoms with Crippen molar-refractivity contribution in [1.82, 2.24) is 19.3 Å². The van der Waals surface area contributed by atoms with Crippen LogP contribution < -0.4 is 5.73 Å². The van der Waals surface area contributed by atoms with E-state index in [0.717, 1.165) is 28.2 Å². The molecule has 34 heavy (non-hydrogen) atoms. The van der Waals surface area contributed by atoms with E-state index in [1.807, 2.05) is 47.0 Å². The Morgan fingerprint density at radius 3 is 2.35 bits per heavy atom. The number of hydrogen-bond donors (Lipinski definition) is 2. The number of piperidine rings is 1. The SMILES string of the molecule is N#Cc1ccc(-c2cnc3cnc(-c4ccc(C(=O)N5CCC(O)(CN)CC5)cc4)cn23)cc1. The number of likely N-dealkylation sites (tertiary alicyclic amines) is 1. The van der Waals surface area contributed by atoms with Crippen LogP contribution in [0.4, 0.5) is 0 Å². The number of nitrogens with two attached hydrogens (primary N) is 1. The molecule has 1 aliphatic rings. The van der Waals surface area contributed by atoms with Crippen molar-refractivity contribution in [2.24, 2.45) is 5.73 Å². The molecule has 8 nitrogen and oxygen atoms in total. The second-order valence-corrected chi connectivity index (χ2v) is 8.63. The Balaban J connectivity index is 1.38. The second-order valence-electron chi connectivity index (χ2n) is 8.63. The van der Waals surface area contributed by atoms with Crippen molar-refractivity contribution >= 4 is 11.6 Å². The number of fused-ring (bicyclic) bond motifs is 1. The summed E-state index contributed by atoms with van der Waals surface area (Å²) in [6.45, 7) is 1.20. The number of aliphatic hydroxyl groups is 1. The molecule has 5 rings (SSSR count). The summed E-state index contributed by atoms with van der Waals surface area (Å²) in [7, 11) is 0. The third-order valence-electron chi connectivity index (χ3n) is 6.49. The van der Waals surface area contributed by atoms with Crippen LogP contribution in [0.2, 0.25) is 0 Å². The van der Waals surface area contributed by atoms with E-state index in [9.17, 15) is 9.90 Å². The molecule has 0 atom stereocenters. The minimum atomic E-state index is -0.866. The molecule has 0 unspecified atom stereocenters. The van der Waals surface area contributed by atoms with E-state index in [0.29, 0.717) is 37.1 Å². The van der Waals surface area contributed by atoms with Gasteiger partial charge in [-0.1, -0.05) is 24.3 Å². The molecule has 0 saturated carbocycles. The minimum absolute atomic E-state index is 0.0493. The van der Waals surface area contributed by atoms with Crippen LogP contribution in [-0.2, 0) is 0 Å². The summed E-state index contributed by atoms with van der Waals surface area (Å²) in [5.41, 5.74) is 10.2. The molecule has 3 N–H and O–H groups in total. The van der Waals surface area contributed by atoms with Gasteiger partial charge in [-0.3, -0.25) is 14.2 Å². The largest absolute Gasteiger partial charge is 0.388 e. The lowest BCUT2D eigenvalue weighted by molar-refractivity contribution is -0.00951. The van der Waals surface area contributed by atoms with Crippen molar-refractivity contribution in [2.45, 2.75) is 18.4 Å². The number of carbonyl (C=O) groups is 1. The van der Waals surface area contributed by atoms with Crippen LogP contribution in [0.25, 0.3) is 28.2 Å². The summed E-state index contributed by atoms with van der Waals surface area (Å²) in [6, 6.07) is 16.9. The van der Waals surface area contributed by atoms with Gasteiger partial charge in [-0.25, -0.2) is 4.98 Å². The average molecular weight is 453 g/mol. The normalized spacial score (nSPS) is 15.3. The first-order valence-electron chi connectivity index (χ1n) is 11.2. The first kappa shape index (κ1) is 21.8. The molecular formula is C26H24N6O2. The molecule has 1 fully saturated rings. The maximum Gasteiger partial charge on any atom is 0.253 e. The highest BCUT2D eigenvalue weighted by atomic mass is 16.3. The van der Waals surface area contributed by atoms with Crippen LogP contribution in [0, 0.1) is 11.3 Å². The molecule has 0 radical (unpaired) electrons. The molecule has 0 aliphatic carbocycles. The van der Waals surface area contributed by atoms with Gasteiger partial charge in [0, 0.05) is 42.5 Å². The van der Waals surface area contributed by atoms with Gasteiger partial charge in [0.25, 0.3) is 5.91 Å². The fourth-order valence-corrected chi connectivity index (χ4v) is 4.26. The fraction of sp³-hybridized carbons (Fsp3) is 0.231. The highest BCUT2D eigenvalue weighted by Crippen LogP contribution is 2.26. The Hall–Kier alpha value is -4.06. The maximum atomic E-state index is 12.9. The number of aromatic nitrogens is 3. The van der Waals surface area contributed by atoms with Crippen molar-refractivity contribution in [2.75, 3.05) is 19.6 Å². The zero-order chi connectivity index (χ0) is 23.7. The number of rotatable bonds is 4. The van der Waals surface area contributed by atoms with Gasteiger partial charge in [-0.2, -0.15) is 5.26 Å². The average Bonchev–Trinajstić information content (AvgIpc) is 3.32. The lowest BCUT2D eigenvalue weighted by atomic mass is 9.91. The van der Waals surface area contributed by atoms with E-state index >= 15 is 0 Å². The number of benzene rings is 2. The Labute approximate surface area is 196 Å². The summed E-state index contributed by atoms with van der Waals surface area (Å²) in [4.78, 5) is 23.6. The summed E-state index contributed by atoms with van der Waals surface area (Å²) >= 11 is 0. The van der Waals surface area contributed by atoms with Crippen LogP contribution in [-0.4, -0.2) is 55.5 Å². The Bertz CT molecular complexity index is 1380. The van der Waals surface area contributed by atoms with E-state index in [4.69, 9.17) is 11.0 Å². The lowest BCUT2D eigenvalue weighted by Gasteiger charge is -2.37. The van der Waals surface area contributed by atoms with Gasteiger partial charge in [0.05, 0.1) is 41.0 Å². The van der Waals surface area contributed by atoms with Gasteiger partial charge in [-0.15, -0.1) is 0 Å². The first-order valence-corrected chi connectivity index (χ1v) is 11.2. The molecule has 170 valence electrons. The number of nitrogens with zero attached hydrogens (tertiary/aromatic N) is 5. The zero-order valence-electron chi connectivity index (χ0n) is 18.6. The molecular weight excluding hydrogens is 428 g/mol. The highest BCUT2D eigenvalue weighted by Gasteiger charge is 2.32. The Morgan fingerprint density at radius 2 is 1.71 bits per heavy atom. The fourth-order valence-electron chi connectivity index (χ4n) is 4.26. The number of nitriles is 1. The van der Waals surface area contributed by atoms with Gasteiger partial charge in [0.1, 0.15) is 0 Å². The van der Waals surface area contributed by atoms with Crippen LogP contribution in [0.3, 0.4) is 0 Å². The van der Waals surface area contributed by atoms with Gasteiger partial charge >= 0.3 is 0 Å². The lowest BCUT2D eigenvalue weighted by Crippen LogP contribution is -2.50. The van der Waals surface area contributed by atoms with Gasteiger partial charge < -0.3 is 15.7 Å². The van der Waals surface area contributed by atoms with Crippen molar-refractivity contribution < 1.29 is 9.90 Å². The second kappa shape index (κ2) is 8.71. The van der Waals surface area contributed by atoms with Gasteiger partial charge in [-0.05, 0) is 37.1 Å². The molecule has 2 aromatic heterocycles. The monoisotopic (exact) mass is 452 g/mol. The standard InChI is InChI=1S/C26H24N6O2/c27-13-18-1-3-20(4-2-18)23-14-30-24-15-29-22(16-32(23)24)19-5-7-21(8-6-19)25(33)31-11-9-26(34,17-28)10-12-31/h1-8,14-16,34H,9-12,17,28H2. The third-order valence-corrected chi connectivity index (χ3v) is 6.49. The molecule has 8 heteroatoms. The van der Waals surface area contributed by atoms with Crippen LogP contribution in [0.5, 0.6) is 0 Å². The Morgan fingerprint density at radius 1 is 1.03 bits per heavy atom. The van der Waals surface area contributed by atoms with Crippen molar-refractivity contribution in [3.63, 3.8) is 0 Å². The number of carbonyl (C=O) groups excluding carboxylic acids is 1. The summed E-state index contributed by atoms with van der Waals surface area (Å²) < 4.78 is 1.97. The molecule has 0 bridgehead atoms.